The van der Waals surface area contributed by atoms with Gasteiger partial charge in [0.05, 0.1) is 12.7 Å². The van der Waals surface area contributed by atoms with Gasteiger partial charge in [0.1, 0.15) is 6.04 Å². The highest BCUT2D eigenvalue weighted by Gasteiger charge is 2.18. The van der Waals surface area contributed by atoms with E-state index in [-0.39, 0.29) is 0 Å². The van der Waals surface area contributed by atoms with Crippen molar-refractivity contribution in [2.24, 2.45) is 0 Å². The van der Waals surface area contributed by atoms with Crippen molar-refractivity contribution in [3.8, 4) is 0 Å². The van der Waals surface area contributed by atoms with Gasteiger partial charge in [-0.15, -0.1) is 0 Å². The number of anilines is 1. The van der Waals surface area contributed by atoms with Gasteiger partial charge in [0.25, 0.3) is 5.91 Å². The van der Waals surface area contributed by atoms with Gasteiger partial charge < -0.3 is 15.8 Å². The maximum atomic E-state index is 11.8. The number of carbonyl (C=O) groups is 2. The first-order valence-corrected chi connectivity index (χ1v) is 5.68. The molecule has 1 unspecified atom stereocenters. The number of benzene rings is 1. The molecule has 5 nitrogen and oxygen atoms in total. The molecule has 0 heterocycles. The van der Waals surface area contributed by atoms with Crippen LogP contribution in [0.25, 0.3) is 0 Å². The molecule has 1 aromatic carbocycles. The highest BCUT2D eigenvalue weighted by Crippen LogP contribution is 2.18. The summed E-state index contributed by atoms with van der Waals surface area (Å²) in [4.78, 5) is 22.9. The van der Waals surface area contributed by atoms with E-state index in [0.29, 0.717) is 11.3 Å². The lowest BCUT2D eigenvalue weighted by atomic mass is 10.1. The van der Waals surface area contributed by atoms with E-state index < -0.39 is 17.9 Å². The summed E-state index contributed by atoms with van der Waals surface area (Å²) in [6, 6.07) is 4.19. The lowest BCUT2D eigenvalue weighted by Crippen LogP contribution is -2.39. The second-order valence-corrected chi connectivity index (χ2v) is 4.37. The number of rotatable bonds is 3. The Balaban J connectivity index is 2.80. The zero-order valence-corrected chi connectivity index (χ0v) is 11.1. The average molecular weight is 301 g/mol. The summed E-state index contributed by atoms with van der Waals surface area (Å²) < 4.78 is 5.29. The standard InChI is InChI=1S/C11H13BrN2O3/c1-6(11(16)17-2)14-10(15)8-4-3-7(12)5-9(8)13/h3-6H,13H2,1-2H3,(H,14,15). The van der Waals surface area contributed by atoms with Crippen LogP contribution in [0.4, 0.5) is 5.69 Å². The minimum Gasteiger partial charge on any atom is -0.467 e. The molecular formula is C11H13BrN2O3. The van der Waals surface area contributed by atoms with Gasteiger partial charge in [-0.05, 0) is 25.1 Å². The number of hydrogen-bond acceptors (Lipinski definition) is 4. The summed E-state index contributed by atoms with van der Waals surface area (Å²) in [5.74, 6) is -0.915. The van der Waals surface area contributed by atoms with Crippen LogP contribution in [0.5, 0.6) is 0 Å². The second-order valence-electron chi connectivity index (χ2n) is 3.45. The first-order valence-electron chi connectivity index (χ1n) is 4.89. The number of methoxy groups -OCH3 is 1. The van der Waals surface area contributed by atoms with E-state index in [1.807, 2.05) is 0 Å². The number of ether oxygens (including phenoxy) is 1. The number of halogens is 1. The van der Waals surface area contributed by atoms with Crippen LogP contribution >= 0.6 is 15.9 Å². The average Bonchev–Trinajstić information content (AvgIpc) is 2.27. The third-order valence-electron chi connectivity index (χ3n) is 2.16. The fourth-order valence-corrected chi connectivity index (χ4v) is 1.63. The van der Waals surface area contributed by atoms with Crippen LogP contribution in [-0.4, -0.2) is 25.0 Å². The van der Waals surface area contributed by atoms with Crippen molar-refractivity contribution in [3.63, 3.8) is 0 Å². The van der Waals surface area contributed by atoms with Crippen molar-refractivity contribution in [3.05, 3.63) is 28.2 Å². The third-order valence-corrected chi connectivity index (χ3v) is 2.65. The summed E-state index contributed by atoms with van der Waals surface area (Å²) in [6.07, 6.45) is 0. The molecule has 1 rings (SSSR count). The largest absolute Gasteiger partial charge is 0.467 e. The van der Waals surface area contributed by atoms with Crippen molar-refractivity contribution in [1.82, 2.24) is 5.32 Å². The van der Waals surface area contributed by atoms with Crippen LogP contribution < -0.4 is 11.1 Å². The van der Waals surface area contributed by atoms with E-state index >= 15 is 0 Å². The van der Waals surface area contributed by atoms with E-state index in [4.69, 9.17) is 5.73 Å². The first-order chi connectivity index (χ1) is 7.95. The number of nitrogens with two attached hydrogens (primary N) is 1. The molecule has 1 atom stereocenters. The maximum Gasteiger partial charge on any atom is 0.328 e. The monoisotopic (exact) mass is 300 g/mol. The Hall–Kier alpha value is -1.56. The van der Waals surface area contributed by atoms with Crippen molar-refractivity contribution >= 4 is 33.5 Å². The van der Waals surface area contributed by atoms with E-state index in [2.05, 4.69) is 26.0 Å². The van der Waals surface area contributed by atoms with Gasteiger partial charge in [0, 0.05) is 10.2 Å². The van der Waals surface area contributed by atoms with Crippen LogP contribution in [0.3, 0.4) is 0 Å². The molecule has 0 aliphatic rings. The molecule has 0 saturated carbocycles. The van der Waals surface area contributed by atoms with Crippen molar-refractivity contribution in [2.75, 3.05) is 12.8 Å². The van der Waals surface area contributed by atoms with Gasteiger partial charge in [-0.2, -0.15) is 0 Å². The van der Waals surface area contributed by atoms with Gasteiger partial charge in [-0.3, -0.25) is 4.79 Å². The van der Waals surface area contributed by atoms with Gasteiger partial charge in [0.2, 0.25) is 0 Å². The number of nitrogen functional groups attached to an aromatic ring is 1. The second kappa shape index (κ2) is 5.67. The highest BCUT2D eigenvalue weighted by atomic mass is 79.9. The summed E-state index contributed by atoms with van der Waals surface area (Å²) in [5, 5.41) is 2.50. The minimum atomic E-state index is -0.712. The minimum absolute atomic E-state index is 0.323. The molecule has 0 spiro atoms. The molecule has 17 heavy (non-hydrogen) atoms. The highest BCUT2D eigenvalue weighted by molar-refractivity contribution is 9.10. The summed E-state index contributed by atoms with van der Waals surface area (Å²) in [5.41, 5.74) is 6.36. The molecule has 0 radical (unpaired) electrons. The number of esters is 1. The summed E-state index contributed by atoms with van der Waals surface area (Å²) >= 11 is 3.24. The quantitative estimate of drug-likeness (QED) is 0.652. The fourth-order valence-electron chi connectivity index (χ4n) is 1.25. The predicted octanol–water partition coefficient (Wildman–Crippen LogP) is 1.32. The molecular weight excluding hydrogens is 288 g/mol. The molecule has 3 N–H and O–H groups in total. The van der Waals surface area contributed by atoms with Crippen molar-refractivity contribution in [2.45, 2.75) is 13.0 Å². The predicted molar refractivity (Wildman–Crippen MR) is 67.5 cm³/mol. The fraction of sp³-hybridized carbons (Fsp3) is 0.273. The van der Waals surface area contributed by atoms with Crippen LogP contribution in [0.15, 0.2) is 22.7 Å². The summed E-state index contributed by atoms with van der Waals surface area (Å²) in [7, 11) is 1.26. The topological polar surface area (TPSA) is 81.4 Å². The summed E-state index contributed by atoms with van der Waals surface area (Å²) in [6.45, 7) is 1.54. The maximum absolute atomic E-state index is 11.8. The van der Waals surface area contributed by atoms with E-state index in [1.165, 1.54) is 7.11 Å². The van der Waals surface area contributed by atoms with Crippen molar-refractivity contribution in [1.29, 1.82) is 0 Å². The molecule has 6 heteroatoms. The Bertz CT molecular complexity index is 448. The van der Waals surface area contributed by atoms with Crippen molar-refractivity contribution < 1.29 is 14.3 Å². The normalized spacial score (nSPS) is 11.7. The third kappa shape index (κ3) is 3.45. The van der Waals surface area contributed by atoms with Gasteiger partial charge >= 0.3 is 5.97 Å². The van der Waals surface area contributed by atoms with Gasteiger partial charge in [-0.1, -0.05) is 15.9 Å². The van der Waals surface area contributed by atoms with E-state index in [0.717, 1.165) is 4.47 Å². The molecule has 0 saturated heterocycles. The van der Waals surface area contributed by atoms with E-state index in [1.54, 1.807) is 25.1 Å². The van der Waals surface area contributed by atoms with Gasteiger partial charge in [0.15, 0.2) is 0 Å². The zero-order valence-electron chi connectivity index (χ0n) is 9.49. The Labute approximate surface area is 107 Å². The molecule has 92 valence electrons. The number of amides is 1. The zero-order chi connectivity index (χ0) is 13.0. The Morgan fingerprint density at radius 1 is 1.47 bits per heavy atom. The molecule has 0 aliphatic heterocycles. The van der Waals surface area contributed by atoms with E-state index in [9.17, 15) is 9.59 Å². The van der Waals surface area contributed by atoms with Crippen LogP contribution in [-0.2, 0) is 9.53 Å². The Morgan fingerprint density at radius 2 is 2.12 bits per heavy atom. The number of nitrogens with one attached hydrogen (secondary N) is 1. The lowest BCUT2D eigenvalue weighted by molar-refractivity contribution is -0.142. The Morgan fingerprint density at radius 3 is 2.65 bits per heavy atom. The molecule has 0 fully saturated rings. The van der Waals surface area contributed by atoms with Gasteiger partial charge in [-0.25, -0.2) is 4.79 Å². The van der Waals surface area contributed by atoms with Crippen LogP contribution in [0.1, 0.15) is 17.3 Å². The Kier molecular flexibility index (Phi) is 4.51. The van der Waals surface area contributed by atoms with Crippen LogP contribution in [0, 0.1) is 0 Å². The molecule has 1 aromatic rings. The molecule has 0 aromatic heterocycles. The molecule has 0 aliphatic carbocycles. The first kappa shape index (κ1) is 13.5. The molecule has 1 amide bonds. The number of carbonyl (C=O) groups excluding carboxylic acids is 2. The lowest BCUT2D eigenvalue weighted by Gasteiger charge is -2.12. The molecule has 0 bridgehead atoms. The smallest absolute Gasteiger partial charge is 0.328 e. The van der Waals surface area contributed by atoms with Crippen LogP contribution in [0.2, 0.25) is 0 Å². The number of hydrogen-bond donors (Lipinski definition) is 2. The SMILES string of the molecule is COC(=O)C(C)NC(=O)c1ccc(Br)cc1N.